The number of aromatic nitrogens is 13. The molecule has 4 aliphatic heterocycles. The van der Waals surface area contributed by atoms with Crippen LogP contribution in [-0.2, 0) is 64.8 Å². The molecule has 0 unspecified atom stereocenters. The highest BCUT2D eigenvalue weighted by Crippen LogP contribution is 2.45. The largest absolute Gasteiger partial charge is 0.494 e. The van der Waals surface area contributed by atoms with Crippen molar-refractivity contribution < 1.29 is 130 Å². The first kappa shape index (κ1) is 103. The maximum atomic E-state index is 13.8. The highest BCUT2D eigenvalue weighted by atomic mass is 35.5. The summed E-state index contributed by atoms with van der Waals surface area (Å²) >= 11 is 28.3. The van der Waals surface area contributed by atoms with Gasteiger partial charge in [-0.3, -0.25) is 53.0 Å². The standard InChI is InChI=1S/C24H20ClF3N4O5S.C21H14ClF3N4O5S.C21H14ClF3N4O4S.C19H10Cl2F3N5O3S/c1-12(2)37-19-11-32(34)23-15(6-7-29-23)20(19)22(33)21-18(8-13(3)10-30-21)31-38(35,36)14-4-5-17(25)16(9-14)24(26,27)28;1-34-16-10-29(31)20-12(6-8-27-20)17(16)19(30)18-15(3-2-7-26-18)28-35(32,33)11-4-5-14(22)13(9-11)21(23,24)25;1-33-16-10-28-20-12(6-8-27-20)17(16)19(30)18-15(3-2-7-26-18)29-34(31,32)11-4-5-14(22)13(9-11)21(23,24)25;20-9-5-14(29-33(31,32)10-1-2-13(21)12(6-10)19(22,23)24)16(26-7-9)17(30)11-3-4-25-18-15(11)27-8-28-18/h4-12,31,34H,1-3H3;2-10,28,31H,1H3;2-10,29H,1H3,(H,27,28);1-8,29H,(H,25,27,28). The lowest BCUT2D eigenvalue weighted by Crippen LogP contribution is -2.20. The lowest BCUT2D eigenvalue weighted by atomic mass is 10.00. The van der Waals surface area contributed by atoms with Crippen molar-refractivity contribution in [2.75, 3.05) is 33.1 Å². The predicted molar refractivity (Wildman–Crippen MR) is 480 cm³/mol. The third-order valence-electron chi connectivity index (χ3n) is 19.5. The zero-order valence-corrected chi connectivity index (χ0v) is 77.7. The van der Waals surface area contributed by atoms with Gasteiger partial charge >= 0.3 is 24.7 Å². The van der Waals surface area contributed by atoms with Gasteiger partial charge in [0.05, 0.1) is 163 Å². The number of hydrogen-bond acceptors (Lipinski definition) is 26. The quantitative estimate of drug-likeness (QED) is 0.0158. The molecule has 8 N–H and O–H groups in total. The van der Waals surface area contributed by atoms with Crippen LogP contribution in [0, 0.1) is 6.92 Å². The van der Waals surface area contributed by atoms with Crippen LogP contribution < -0.4 is 33.1 Å². The third kappa shape index (κ3) is 22.3. The molecule has 12 heterocycles. The lowest BCUT2D eigenvalue weighted by Gasteiger charge is -2.19. The molecule has 728 valence electrons. The molecule has 0 fully saturated rings. The summed E-state index contributed by atoms with van der Waals surface area (Å²) < 4.78 is 288. The molecule has 34 nitrogen and oxygen atoms in total. The highest BCUT2D eigenvalue weighted by molar-refractivity contribution is 7.93. The second-order valence-electron chi connectivity index (χ2n) is 29.1. The van der Waals surface area contributed by atoms with Gasteiger partial charge in [-0.05, 0) is 160 Å². The van der Waals surface area contributed by atoms with Gasteiger partial charge in [-0.1, -0.05) is 58.0 Å². The lowest BCUT2D eigenvalue weighted by molar-refractivity contribution is -0.138. The summed E-state index contributed by atoms with van der Waals surface area (Å²) in [6.45, 7) is 5.00. The number of fused-ring (bicyclic) bond motifs is 4. The SMILES string of the molecule is COc1cn(O)c2nccc-2c1C(=O)c1ncccc1NS(=O)(=O)c1ccc(Cl)c(C(F)(F)F)c1.COc1cnc2[nH]ccc2c1C(=O)c1ncccc1NS(=O)(=O)c1ccc(Cl)c(C(F)(F)F)c1.Cc1cnc(C(=O)c2c(OC(C)C)cn(O)c3nccc2-3)c(NS(=O)(=O)c2ccc(Cl)c(C(F)(F)F)c2)c1.O=C(c1ncc(Cl)cc1NS(=O)(=O)c1ccc(Cl)c(C(F)(F)F)c1)c1ccnc2nc[nH]c12. The van der Waals surface area contributed by atoms with Gasteiger partial charge in [-0.25, -0.2) is 63.6 Å². The summed E-state index contributed by atoms with van der Waals surface area (Å²) in [4.78, 5) is 92.7. The number of carbonyl (C=O) groups excluding carboxylic acids is 4. The van der Waals surface area contributed by atoms with Gasteiger partial charge in [0, 0.05) is 66.1 Å². The van der Waals surface area contributed by atoms with Crippen molar-refractivity contribution in [1.82, 2.24) is 64.3 Å². The van der Waals surface area contributed by atoms with E-state index in [2.05, 4.69) is 73.7 Å². The van der Waals surface area contributed by atoms with Crippen molar-refractivity contribution in [2.24, 2.45) is 0 Å². The van der Waals surface area contributed by atoms with Crippen LogP contribution in [0.2, 0.25) is 25.1 Å². The van der Waals surface area contributed by atoms with Gasteiger partial charge in [0.15, 0.2) is 28.8 Å². The van der Waals surface area contributed by atoms with Crippen LogP contribution in [0.5, 0.6) is 17.2 Å². The summed E-state index contributed by atoms with van der Waals surface area (Å²) in [6.07, 6.45) is -4.46. The van der Waals surface area contributed by atoms with E-state index in [1.807, 2.05) is 0 Å². The van der Waals surface area contributed by atoms with Crippen molar-refractivity contribution >= 4 is 166 Å². The number of halogens is 17. The number of methoxy groups -OCH3 is 2. The molecule has 55 heteroatoms. The summed E-state index contributed by atoms with van der Waals surface area (Å²) in [5.74, 6) is -2.81. The first-order valence-electron chi connectivity index (χ1n) is 38.8. The molecule has 8 aromatic heterocycles. The molecule has 0 amide bonds. The number of anilines is 4. The summed E-state index contributed by atoms with van der Waals surface area (Å²) in [6, 6.07) is 22.0. The normalized spacial score (nSPS) is 12.1. The van der Waals surface area contributed by atoms with E-state index in [-0.39, 0.29) is 118 Å². The monoisotopic (exact) mass is 2120 g/mol. The van der Waals surface area contributed by atoms with Gasteiger partial charge in [0.1, 0.15) is 34.2 Å². The van der Waals surface area contributed by atoms with Crippen LogP contribution in [-0.4, -0.2) is 152 Å². The number of aromatic amines is 2. The molecule has 0 bridgehead atoms. The number of aryl methyl sites for hydroxylation is 1. The van der Waals surface area contributed by atoms with E-state index in [1.54, 1.807) is 33.0 Å². The van der Waals surface area contributed by atoms with Crippen LogP contribution in [0.4, 0.5) is 75.4 Å². The number of benzene rings is 4. The molecule has 0 spiro atoms. The summed E-state index contributed by atoms with van der Waals surface area (Å²) in [5, 5.41) is 18.1. The molecule has 0 aliphatic carbocycles. The Hall–Kier alpha value is -14.5. The zero-order valence-electron chi connectivity index (χ0n) is 70.7. The first-order valence-corrected chi connectivity index (χ1v) is 46.6. The topological polar surface area (TPSA) is 479 Å². The van der Waals surface area contributed by atoms with E-state index in [9.17, 15) is 116 Å². The number of pyridine rings is 8. The Morgan fingerprint density at radius 1 is 0.414 bits per heavy atom. The number of nitrogens with one attached hydrogen (secondary N) is 6. The Kier molecular flexibility index (Phi) is 29.5. The van der Waals surface area contributed by atoms with Crippen molar-refractivity contribution in [3.63, 3.8) is 0 Å². The van der Waals surface area contributed by atoms with E-state index in [0.29, 0.717) is 55.8 Å². The van der Waals surface area contributed by atoms with Crippen molar-refractivity contribution in [3.05, 3.63) is 306 Å². The number of ether oxygens (including phenoxy) is 3. The number of nitrogens with zero attached hydrogens (tertiary/aromatic N) is 11. The number of hydrogen-bond donors (Lipinski definition) is 8. The maximum Gasteiger partial charge on any atom is 0.417 e. The maximum absolute atomic E-state index is 13.8. The fourth-order valence-electron chi connectivity index (χ4n) is 13.2. The number of rotatable bonds is 24. The minimum atomic E-state index is -4.89. The van der Waals surface area contributed by atoms with E-state index < -0.39 is 156 Å². The average molecular weight is 2120 g/mol. The van der Waals surface area contributed by atoms with Crippen molar-refractivity contribution in [1.29, 1.82) is 0 Å². The number of H-pyrrole nitrogens is 2. The molecular formula is C85H58Cl5F12N17O17S4. The highest BCUT2D eigenvalue weighted by Gasteiger charge is 2.41. The van der Waals surface area contributed by atoms with Crippen molar-refractivity contribution in [3.8, 4) is 40.0 Å². The van der Waals surface area contributed by atoms with E-state index in [1.165, 1.54) is 112 Å². The summed E-state index contributed by atoms with van der Waals surface area (Å²) in [5.41, 5.74) is -5.90. The molecule has 0 saturated heterocycles. The smallest absolute Gasteiger partial charge is 0.417 e. The Morgan fingerprint density at radius 2 is 0.807 bits per heavy atom. The average Bonchev–Trinajstić information content (AvgIpc) is 1.60. The Labute approximate surface area is 805 Å². The van der Waals surface area contributed by atoms with Gasteiger partial charge in [0.2, 0.25) is 23.1 Å². The Bertz CT molecular complexity index is 8020. The van der Waals surface area contributed by atoms with Gasteiger partial charge in [-0.2, -0.15) is 62.1 Å². The van der Waals surface area contributed by atoms with E-state index in [0.717, 1.165) is 73.2 Å². The molecule has 0 radical (unpaired) electrons. The van der Waals surface area contributed by atoms with Crippen LogP contribution in [0.3, 0.4) is 0 Å². The van der Waals surface area contributed by atoms with Gasteiger partial charge in [0.25, 0.3) is 40.1 Å². The van der Waals surface area contributed by atoms with Crippen LogP contribution in [0.1, 0.15) is 106 Å². The van der Waals surface area contributed by atoms with E-state index in [4.69, 9.17) is 72.2 Å². The molecular weight excluding hydrogens is 2060 g/mol. The molecule has 16 rings (SSSR count). The minimum absolute atomic E-state index is 0.0160. The zero-order chi connectivity index (χ0) is 102. The first-order chi connectivity index (χ1) is 65.6. The third-order valence-corrected chi connectivity index (χ3v) is 26.4. The summed E-state index contributed by atoms with van der Waals surface area (Å²) in [7, 11) is -15.8. The number of carbonyl (C=O) groups is 4. The number of sulfonamides is 4. The number of alkyl halides is 12. The molecule has 0 atom stereocenters. The second kappa shape index (κ2) is 40.1. The van der Waals surface area contributed by atoms with Crippen LogP contribution in [0.25, 0.3) is 45.0 Å². The fraction of sp³-hybridized carbons (Fsp3) is 0.118. The molecule has 4 aromatic carbocycles. The van der Waals surface area contributed by atoms with Crippen molar-refractivity contribution in [2.45, 2.75) is 71.2 Å². The van der Waals surface area contributed by atoms with Crippen LogP contribution in [0.15, 0.2) is 228 Å². The molecule has 4 aliphatic rings. The van der Waals surface area contributed by atoms with E-state index >= 15 is 0 Å². The Morgan fingerprint density at radius 3 is 1.24 bits per heavy atom. The number of imidazole rings is 1. The molecule has 0 saturated carbocycles. The fourth-order valence-corrected chi connectivity index (χ4v) is 18.7. The molecule has 140 heavy (non-hydrogen) atoms. The minimum Gasteiger partial charge on any atom is -0.494 e. The Balaban J connectivity index is 0.000000157. The second-order valence-corrected chi connectivity index (χ2v) is 37.9. The van der Waals surface area contributed by atoms with Crippen LogP contribution >= 0.6 is 58.0 Å². The number of ketones is 4. The van der Waals surface area contributed by atoms with Gasteiger partial charge in [-0.15, -0.1) is 0 Å². The van der Waals surface area contributed by atoms with Gasteiger partial charge < -0.3 is 34.6 Å². The molecule has 12 aromatic rings. The predicted octanol–water partition coefficient (Wildman–Crippen LogP) is 19.1.